The summed E-state index contributed by atoms with van der Waals surface area (Å²) in [6, 6.07) is 6.37. The Bertz CT molecular complexity index is 643. The normalized spacial score (nSPS) is 12.9. The zero-order chi connectivity index (χ0) is 17.5. The van der Waals surface area contributed by atoms with Crippen molar-refractivity contribution in [2.24, 2.45) is 0 Å². The maximum absolute atomic E-state index is 11.8. The molecule has 4 amide bonds. The number of halogens is 1. The Labute approximate surface area is 143 Å². The van der Waals surface area contributed by atoms with Crippen LogP contribution in [0.1, 0.15) is 29.6 Å². The number of carbonyl (C=O) groups is 4. The minimum absolute atomic E-state index is 0.0517. The monoisotopic (exact) mass is 352 g/mol. The van der Waals surface area contributed by atoms with E-state index >= 15 is 0 Å². The summed E-state index contributed by atoms with van der Waals surface area (Å²) in [4.78, 5) is 46.1. The maximum atomic E-state index is 11.8. The summed E-state index contributed by atoms with van der Waals surface area (Å²) in [5, 5.41) is 5.57. The number of carbonyl (C=O) groups excluding carboxylic acids is 4. The summed E-state index contributed by atoms with van der Waals surface area (Å²) in [5.41, 5.74) is 4.54. The Hall–Kier alpha value is -2.61. The zero-order valence-corrected chi connectivity index (χ0v) is 13.5. The van der Waals surface area contributed by atoms with E-state index in [1.165, 1.54) is 0 Å². The van der Waals surface area contributed by atoms with Gasteiger partial charge in [0.05, 0.1) is 0 Å². The average Bonchev–Trinajstić information content (AvgIpc) is 3.37. The van der Waals surface area contributed by atoms with Crippen LogP contribution in [0.5, 0.6) is 0 Å². The third-order valence-corrected chi connectivity index (χ3v) is 3.43. The number of rotatable bonds is 5. The molecule has 1 saturated carbocycles. The quantitative estimate of drug-likeness (QED) is 0.437. The zero-order valence-electron chi connectivity index (χ0n) is 12.7. The van der Waals surface area contributed by atoms with Gasteiger partial charge in [0.2, 0.25) is 5.91 Å². The highest BCUT2D eigenvalue weighted by atomic mass is 35.5. The highest BCUT2D eigenvalue weighted by molar-refractivity contribution is 6.35. The van der Waals surface area contributed by atoms with E-state index in [9.17, 15) is 19.2 Å². The third-order valence-electron chi connectivity index (χ3n) is 3.18. The van der Waals surface area contributed by atoms with E-state index in [2.05, 4.69) is 16.1 Å². The van der Waals surface area contributed by atoms with Crippen molar-refractivity contribution < 1.29 is 19.2 Å². The van der Waals surface area contributed by atoms with Crippen LogP contribution in [0.4, 0.5) is 0 Å². The maximum Gasteiger partial charge on any atom is 0.327 e. The number of hydrogen-bond acceptors (Lipinski definition) is 4. The van der Waals surface area contributed by atoms with Crippen molar-refractivity contribution in [3.05, 3.63) is 34.9 Å². The summed E-state index contributed by atoms with van der Waals surface area (Å²) >= 11 is 5.73. The van der Waals surface area contributed by atoms with E-state index in [0.29, 0.717) is 10.6 Å². The molecule has 0 radical (unpaired) electrons. The minimum atomic E-state index is -0.930. The molecule has 0 atom stereocenters. The van der Waals surface area contributed by atoms with Gasteiger partial charge in [-0.25, -0.2) is 0 Å². The van der Waals surface area contributed by atoms with Crippen molar-refractivity contribution in [1.29, 1.82) is 0 Å². The lowest BCUT2D eigenvalue weighted by Crippen LogP contribution is -2.49. The molecule has 0 heterocycles. The Morgan fingerprint density at radius 1 is 1.00 bits per heavy atom. The van der Waals surface area contributed by atoms with Crippen LogP contribution in [0.15, 0.2) is 24.3 Å². The number of benzene rings is 1. The van der Waals surface area contributed by atoms with Crippen LogP contribution in [0.3, 0.4) is 0 Å². The van der Waals surface area contributed by atoms with Crippen LogP contribution in [-0.2, 0) is 14.4 Å². The molecular weight excluding hydrogens is 336 g/mol. The van der Waals surface area contributed by atoms with Gasteiger partial charge in [-0.3, -0.25) is 30.0 Å². The Morgan fingerprint density at radius 2 is 1.67 bits per heavy atom. The molecule has 128 valence electrons. The van der Waals surface area contributed by atoms with E-state index < -0.39 is 17.7 Å². The molecule has 1 aromatic carbocycles. The number of hydrazine groups is 1. The molecule has 0 unspecified atom stereocenters. The predicted molar refractivity (Wildman–Crippen MR) is 85.9 cm³/mol. The average molecular weight is 353 g/mol. The van der Waals surface area contributed by atoms with Gasteiger partial charge < -0.3 is 10.6 Å². The van der Waals surface area contributed by atoms with Gasteiger partial charge >= 0.3 is 11.8 Å². The van der Waals surface area contributed by atoms with Gasteiger partial charge in [0.15, 0.2) is 0 Å². The summed E-state index contributed by atoms with van der Waals surface area (Å²) < 4.78 is 0. The fraction of sp³-hybridized carbons (Fsp3) is 0.333. The van der Waals surface area contributed by atoms with Crippen molar-refractivity contribution in [1.82, 2.24) is 21.5 Å². The van der Waals surface area contributed by atoms with Crippen LogP contribution in [0.2, 0.25) is 5.02 Å². The Kier molecular flexibility index (Phi) is 6.14. The molecule has 1 aromatic rings. The molecule has 0 spiro atoms. The van der Waals surface area contributed by atoms with Gasteiger partial charge in [-0.2, -0.15) is 0 Å². The molecule has 0 aromatic heterocycles. The molecule has 1 aliphatic carbocycles. The van der Waals surface area contributed by atoms with Crippen LogP contribution in [-0.4, -0.2) is 36.2 Å². The summed E-state index contributed by atoms with van der Waals surface area (Å²) in [6.45, 7) is 0.0808. The number of hydrogen-bond donors (Lipinski definition) is 4. The summed E-state index contributed by atoms with van der Waals surface area (Å²) in [5.74, 6) is -2.58. The van der Waals surface area contributed by atoms with Crippen LogP contribution in [0.25, 0.3) is 0 Å². The highest BCUT2D eigenvalue weighted by Crippen LogP contribution is 2.18. The lowest BCUT2D eigenvalue weighted by Gasteiger charge is -2.08. The predicted octanol–water partition coefficient (Wildman–Crippen LogP) is -0.114. The Morgan fingerprint density at radius 3 is 2.29 bits per heavy atom. The SMILES string of the molecule is O=C(CCNC(=O)c1ccc(Cl)cc1)NNC(=O)C(=O)NC1CC1. The van der Waals surface area contributed by atoms with Gasteiger partial charge in [-0.05, 0) is 37.1 Å². The third kappa shape index (κ3) is 5.88. The van der Waals surface area contributed by atoms with E-state index in [1.807, 2.05) is 5.43 Å². The van der Waals surface area contributed by atoms with Gasteiger partial charge in [-0.1, -0.05) is 11.6 Å². The van der Waals surface area contributed by atoms with Gasteiger partial charge in [0.1, 0.15) is 0 Å². The largest absolute Gasteiger partial charge is 0.352 e. The van der Waals surface area contributed by atoms with Crippen LogP contribution >= 0.6 is 11.6 Å². The molecule has 24 heavy (non-hydrogen) atoms. The van der Waals surface area contributed by atoms with E-state index in [-0.39, 0.29) is 24.9 Å². The smallest absolute Gasteiger partial charge is 0.327 e. The van der Waals surface area contributed by atoms with Crippen molar-refractivity contribution in [3.63, 3.8) is 0 Å². The van der Waals surface area contributed by atoms with E-state index in [1.54, 1.807) is 24.3 Å². The van der Waals surface area contributed by atoms with Gasteiger partial charge in [0, 0.05) is 29.6 Å². The second-order valence-electron chi connectivity index (χ2n) is 5.26. The lowest BCUT2D eigenvalue weighted by molar-refractivity contribution is -0.141. The first-order valence-corrected chi connectivity index (χ1v) is 7.77. The number of amides is 4. The molecule has 2 rings (SSSR count). The standard InChI is InChI=1S/C15H17ClN4O4/c16-10-3-1-9(2-4-10)13(22)17-8-7-12(21)19-20-15(24)14(23)18-11-5-6-11/h1-4,11H,5-8H2,(H,17,22)(H,18,23)(H,19,21)(H,20,24). The molecule has 0 saturated heterocycles. The van der Waals surface area contributed by atoms with Gasteiger partial charge in [-0.15, -0.1) is 0 Å². The molecular formula is C15H17ClN4O4. The summed E-state index contributed by atoms with van der Waals surface area (Å²) in [6.07, 6.45) is 1.67. The van der Waals surface area contributed by atoms with E-state index in [0.717, 1.165) is 12.8 Å². The molecule has 0 aliphatic heterocycles. The minimum Gasteiger partial charge on any atom is -0.352 e. The first-order chi connectivity index (χ1) is 11.5. The lowest BCUT2D eigenvalue weighted by atomic mass is 10.2. The first kappa shape index (κ1) is 17.7. The summed E-state index contributed by atoms with van der Waals surface area (Å²) in [7, 11) is 0. The molecule has 8 nitrogen and oxygen atoms in total. The van der Waals surface area contributed by atoms with Crippen molar-refractivity contribution >= 4 is 35.2 Å². The first-order valence-electron chi connectivity index (χ1n) is 7.39. The second kappa shape index (κ2) is 8.30. The van der Waals surface area contributed by atoms with Crippen molar-refractivity contribution in [2.45, 2.75) is 25.3 Å². The van der Waals surface area contributed by atoms with Crippen molar-refractivity contribution in [2.75, 3.05) is 6.54 Å². The van der Waals surface area contributed by atoms with Crippen molar-refractivity contribution in [3.8, 4) is 0 Å². The number of nitrogens with one attached hydrogen (secondary N) is 4. The van der Waals surface area contributed by atoms with Crippen LogP contribution in [0, 0.1) is 0 Å². The van der Waals surface area contributed by atoms with E-state index in [4.69, 9.17) is 11.6 Å². The molecule has 1 fully saturated rings. The molecule has 1 aliphatic rings. The highest BCUT2D eigenvalue weighted by Gasteiger charge is 2.26. The fourth-order valence-electron chi connectivity index (χ4n) is 1.72. The van der Waals surface area contributed by atoms with Crippen LogP contribution < -0.4 is 21.5 Å². The molecule has 4 N–H and O–H groups in total. The second-order valence-corrected chi connectivity index (χ2v) is 5.70. The van der Waals surface area contributed by atoms with Gasteiger partial charge in [0.25, 0.3) is 5.91 Å². The topological polar surface area (TPSA) is 116 Å². The Balaban J connectivity index is 1.62. The fourth-order valence-corrected chi connectivity index (χ4v) is 1.84. The molecule has 9 heteroatoms. The molecule has 0 bridgehead atoms.